The smallest absolute Gasteiger partial charge is 0.248 e. The Bertz CT molecular complexity index is 697. The lowest BCUT2D eigenvalue weighted by Gasteiger charge is -2.35. The molecule has 0 saturated carbocycles. The molecule has 0 heterocycles. The summed E-state index contributed by atoms with van der Waals surface area (Å²) in [5.41, 5.74) is 9.74. The largest absolute Gasteiger partial charge is 0.395 e. The van der Waals surface area contributed by atoms with Crippen molar-refractivity contribution in [3.05, 3.63) is 70.8 Å². The van der Waals surface area contributed by atoms with Gasteiger partial charge < -0.3 is 10.8 Å². The number of nitrogens with two attached hydrogens (primary N) is 1. The molecule has 0 aliphatic heterocycles. The number of hydrogen-bond acceptors (Lipinski definition) is 3. The van der Waals surface area contributed by atoms with Crippen LogP contribution in [0.3, 0.4) is 0 Å². The van der Waals surface area contributed by atoms with Crippen LogP contribution >= 0.6 is 0 Å². The van der Waals surface area contributed by atoms with Crippen LogP contribution in [-0.2, 0) is 13.0 Å². The van der Waals surface area contributed by atoms with Crippen LogP contribution in [0, 0.1) is 0 Å². The van der Waals surface area contributed by atoms with Gasteiger partial charge in [0.2, 0.25) is 5.91 Å². The van der Waals surface area contributed by atoms with E-state index >= 15 is 0 Å². The molecule has 0 radical (unpaired) electrons. The van der Waals surface area contributed by atoms with Gasteiger partial charge in [-0.05, 0) is 48.1 Å². The first-order valence-electron chi connectivity index (χ1n) is 8.50. The van der Waals surface area contributed by atoms with Crippen molar-refractivity contribution in [3.8, 4) is 0 Å². The number of nitrogens with zero attached hydrogens (tertiary/aromatic N) is 1. The summed E-state index contributed by atoms with van der Waals surface area (Å²) in [4.78, 5) is 13.5. The normalized spacial score (nSPS) is 16.8. The van der Waals surface area contributed by atoms with Crippen molar-refractivity contribution < 1.29 is 9.90 Å². The molecule has 2 aromatic carbocycles. The van der Waals surface area contributed by atoms with E-state index < -0.39 is 5.91 Å². The van der Waals surface area contributed by atoms with E-state index in [0.717, 1.165) is 24.9 Å². The van der Waals surface area contributed by atoms with Gasteiger partial charge in [0.05, 0.1) is 6.61 Å². The average molecular weight is 324 g/mol. The number of primary amides is 1. The summed E-state index contributed by atoms with van der Waals surface area (Å²) in [5, 5.41) is 9.51. The number of carbonyl (C=O) groups excluding carboxylic acids is 1. The van der Waals surface area contributed by atoms with Crippen molar-refractivity contribution in [1.29, 1.82) is 0 Å². The fourth-order valence-electron chi connectivity index (χ4n) is 3.59. The van der Waals surface area contributed by atoms with Gasteiger partial charge in [-0.3, -0.25) is 9.69 Å². The summed E-state index contributed by atoms with van der Waals surface area (Å²) < 4.78 is 0. The molecule has 1 unspecified atom stereocenters. The van der Waals surface area contributed by atoms with Gasteiger partial charge in [0.15, 0.2) is 0 Å². The van der Waals surface area contributed by atoms with Crippen molar-refractivity contribution in [3.63, 3.8) is 0 Å². The molecule has 1 amide bonds. The molecule has 4 heteroatoms. The lowest BCUT2D eigenvalue weighted by Crippen LogP contribution is -2.33. The maximum atomic E-state index is 11.2. The first-order chi connectivity index (χ1) is 11.7. The van der Waals surface area contributed by atoms with Crippen molar-refractivity contribution in [1.82, 2.24) is 4.90 Å². The third kappa shape index (κ3) is 3.66. The first kappa shape index (κ1) is 16.7. The van der Waals surface area contributed by atoms with E-state index in [0.29, 0.717) is 18.2 Å². The topological polar surface area (TPSA) is 66.6 Å². The zero-order valence-electron chi connectivity index (χ0n) is 13.8. The fourth-order valence-corrected chi connectivity index (χ4v) is 3.59. The fraction of sp³-hybridized carbons (Fsp3) is 0.350. The molecule has 126 valence electrons. The molecule has 1 atom stereocenters. The molecule has 0 fully saturated rings. The van der Waals surface area contributed by atoms with Gasteiger partial charge in [-0.2, -0.15) is 0 Å². The maximum absolute atomic E-state index is 11.2. The summed E-state index contributed by atoms with van der Waals surface area (Å²) in [5.74, 6) is -0.407. The predicted octanol–water partition coefficient (Wildman–Crippen LogP) is 2.66. The van der Waals surface area contributed by atoms with E-state index in [9.17, 15) is 9.90 Å². The number of aliphatic hydroxyl groups excluding tert-OH is 1. The summed E-state index contributed by atoms with van der Waals surface area (Å²) in [6.45, 7) is 1.52. The van der Waals surface area contributed by atoms with Crippen LogP contribution in [0.25, 0.3) is 0 Å². The van der Waals surface area contributed by atoms with Gasteiger partial charge >= 0.3 is 0 Å². The molecule has 3 rings (SSSR count). The zero-order valence-corrected chi connectivity index (χ0v) is 13.8. The predicted molar refractivity (Wildman–Crippen MR) is 94.6 cm³/mol. The Hall–Kier alpha value is -2.17. The van der Waals surface area contributed by atoms with Gasteiger partial charge in [0.25, 0.3) is 0 Å². The molecular formula is C20H24N2O2. The molecule has 0 saturated heterocycles. The highest BCUT2D eigenvalue weighted by Crippen LogP contribution is 2.34. The number of aliphatic hydroxyl groups is 1. The quantitative estimate of drug-likeness (QED) is 0.858. The third-order valence-corrected chi connectivity index (χ3v) is 4.79. The van der Waals surface area contributed by atoms with E-state index in [1.54, 1.807) is 12.1 Å². The van der Waals surface area contributed by atoms with Gasteiger partial charge in [-0.1, -0.05) is 36.4 Å². The lowest BCUT2D eigenvalue weighted by molar-refractivity contribution is 0.1000. The molecule has 1 aliphatic rings. The molecule has 4 nitrogen and oxygen atoms in total. The Morgan fingerprint density at radius 1 is 1.17 bits per heavy atom. The van der Waals surface area contributed by atoms with E-state index in [-0.39, 0.29) is 6.61 Å². The van der Waals surface area contributed by atoms with Crippen LogP contribution in [-0.4, -0.2) is 29.1 Å². The Labute approximate surface area is 142 Å². The number of fused-ring (bicyclic) bond motifs is 1. The van der Waals surface area contributed by atoms with E-state index in [2.05, 4.69) is 29.2 Å². The second-order valence-corrected chi connectivity index (χ2v) is 6.36. The molecule has 0 spiro atoms. The SMILES string of the molecule is NC(=O)c1ccc(CN(CCO)C2CCCc3ccccc32)cc1. The van der Waals surface area contributed by atoms with Crippen LogP contribution in [0.1, 0.15) is 45.9 Å². The number of aryl methyl sites for hydroxylation is 1. The summed E-state index contributed by atoms with van der Waals surface area (Å²) in [7, 11) is 0. The maximum Gasteiger partial charge on any atom is 0.248 e. The minimum absolute atomic E-state index is 0.137. The van der Waals surface area contributed by atoms with Crippen LogP contribution in [0.15, 0.2) is 48.5 Å². The monoisotopic (exact) mass is 324 g/mol. The average Bonchev–Trinajstić information content (AvgIpc) is 2.61. The summed E-state index contributed by atoms with van der Waals surface area (Å²) >= 11 is 0. The molecule has 0 aromatic heterocycles. The zero-order chi connectivity index (χ0) is 16.9. The van der Waals surface area contributed by atoms with Gasteiger partial charge in [-0.15, -0.1) is 0 Å². The van der Waals surface area contributed by atoms with Crippen molar-refractivity contribution in [2.45, 2.75) is 31.8 Å². The van der Waals surface area contributed by atoms with Gasteiger partial charge in [0.1, 0.15) is 0 Å². The number of hydrogen-bond donors (Lipinski definition) is 2. The Kier molecular flexibility index (Phi) is 5.28. The standard InChI is InChI=1S/C20H24N2O2/c21-20(24)17-10-8-15(9-11-17)14-22(12-13-23)19-7-3-5-16-4-1-2-6-18(16)19/h1-2,4,6,8-11,19,23H,3,5,7,12-14H2,(H2,21,24). The molecular weight excluding hydrogens is 300 g/mol. The number of carbonyl (C=O) groups is 1. The van der Waals surface area contributed by atoms with Crippen molar-refractivity contribution in [2.24, 2.45) is 5.73 Å². The molecule has 0 bridgehead atoms. The highest BCUT2D eigenvalue weighted by Gasteiger charge is 2.25. The number of amides is 1. The summed E-state index contributed by atoms with van der Waals surface area (Å²) in [6.07, 6.45) is 3.41. The number of benzene rings is 2. The second kappa shape index (κ2) is 7.60. The third-order valence-electron chi connectivity index (χ3n) is 4.79. The Balaban J connectivity index is 1.81. The second-order valence-electron chi connectivity index (χ2n) is 6.36. The Morgan fingerprint density at radius 3 is 2.62 bits per heavy atom. The van der Waals surface area contributed by atoms with Crippen LogP contribution in [0.4, 0.5) is 0 Å². The highest BCUT2D eigenvalue weighted by atomic mass is 16.3. The number of rotatable bonds is 6. The minimum atomic E-state index is -0.407. The van der Waals surface area contributed by atoms with Crippen LogP contribution in [0.5, 0.6) is 0 Å². The van der Waals surface area contributed by atoms with Gasteiger partial charge in [0, 0.05) is 24.7 Å². The molecule has 2 aromatic rings. The van der Waals surface area contributed by atoms with Crippen LogP contribution < -0.4 is 5.73 Å². The van der Waals surface area contributed by atoms with E-state index in [1.165, 1.54) is 17.5 Å². The molecule has 3 N–H and O–H groups in total. The first-order valence-corrected chi connectivity index (χ1v) is 8.50. The van der Waals surface area contributed by atoms with E-state index in [1.807, 2.05) is 12.1 Å². The van der Waals surface area contributed by atoms with Gasteiger partial charge in [-0.25, -0.2) is 0 Å². The summed E-state index contributed by atoms with van der Waals surface area (Å²) in [6, 6.07) is 16.4. The lowest BCUT2D eigenvalue weighted by atomic mass is 9.86. The molecule has 1 aliphatic carbocycles. The van der Waals surface area contributed by atoms with Crippen molar-refractivity contribution >= 4 is 5.91 Å². The Morgan fingerprint density at radius 2 is 1.92 bits per heavy atom. The van der Waals surface area contributed by atoms with Crippen LogP contribution in [0.2, 0.25) is 0 Å². The highest BCUT2D eigenvalue weighted by molar-refractivity contribution is 5.92. The molecule has 24 heavy (non-hydrogen) atoms. The van der Waals surface area contributed by atoms with Crippen molar-refractivity contribution in [2.75, 3.05) is 13.2 Å². The van der Waals surface area contributed by atoms with E-state index in [4.69, 9.17) is 5.73 Å². The minimum Gasteiger partial charge on any atom is -0.395 e.